The first-order valence-electron chi connectivity index (χ1n) is 8.16. The van der Waals surface area contributed by atoms with Crippen LogP contribution in [-0.2, 0) is 0 Å². The van der Waals surface area contributed by atoms with E-state index in [9.17, 15) is 5.26 Å². The molecule has 0 saturated heterocycles. The topological polar surface area (TPSA) is 54.3 Å². The Morgan fingerprint density at radius 2 is 2.00 bits per heavy atom. The lowest BCUT2D eigenvalue weighted by Gasteiger charge is -2.42. The fourth-order valence-electron chi connectivity index (χ4n) is 3.89. The number of nitrogens with zero attached hydrogens (tertiary/aromatic N) is 1. The first kappa shape index (κ1) is 15.2. The molecule has 0 amide bonds. The minimum atomic E-state index is -0.323. The Bertz CT molecular complexity index is 559. The molecule has 0 aliphatic heterocycles. The zero-order valence-electron chi connectivity index (χ0n) is 13.3. The van der Waals surface area contributed by atoms with Gasteiger partial charge in [-0.1, -0.05) is 6.07 Å². The second-order valence-corrected chi connectivity index (χ2v) is 6.43. The van der Waals surface area contributed by atoms with Crippen LogP contribution in [0.1, 0.15) is 43.7 Å². The first-order chi connectivity index (χ1) is 10.7. The summed E-state index contributed by atoms with van der Waals surface area (Å²) < 4.78 is 11.8. The van der Waals surface area contributed by atoms with Gasteiger partial charge < -0.3 is 14.8 Å². The monoisotopic (exact) mass is 300 g/mol. The third-order valence-corrected chi connectivity index (χ3v) is 5.20. The van der Waals surface area contributed by atoms with E-state index in [1.165, 1.54) is 25.7 Å². The normalized spacial score (nSPS) is 28.0. The van der Waals surface area contributed by atoms with E-state index in [2.05, 4.69) is 11.4 Å². The van der Waals surface area contributed by atoms with Crippen molar-refractivity contribution in [1.29, 1.82) is 5.26 Å². The highest BCUT2D eigenvalue weighted by atomic mass is 16.5. The minimum absolute atomic E-state index is 0.298. The van der Waals surface area contributed by atoms with Crippen molar-refractivity contribution in [2.75, 3.05) is 14.2 Å². The van der Waals surface area contributed by atoms with E-state index in [0.717, 1.165) is 29.4 Å². The van der Waals surface area contributed by atoms with Crippen LogP contribution < -0.4 is 14.8 Å². The van der Waals surface area contributed by atoms with Crippen molar-refractivity contribution in [3.8, 4) is 17.6 Å². The van der Waals surface area contributed by atoms with E-state index in [0.29, 0.717) is 12.0 Å². The molecule has 0 radical (unpaired) electrons. The largest absolute Gasteiger partial charge is 0.493 e. The number of fused-ring (bicyclic) bond motifs is 3. The van der Waals surface area contributed by atoms with Crippen molar-refractivity contribution in [3.05, 3.63) is 23.8 Å². The maximum atomic E-state index is 9.22. The molecule has 2 atom stereocenters. The standard InChI is InChI=1S/C18H24N2O2/c1-20-15(11-19)14-7-8-16(21-2)18(10-14)22-17-9-12-3-5-13(17)6-4-12/h7-8,10,12-13,15,17,20H,3-6,9H2,1-2H3. The van der Waals surface area contributed by atoms with Gasteiger partial charge in [-0.3, -0.25) is 0 Å². The number of rotatable bonds is 5. The number of benzene rings is 1. The summed E-state index contributed by atoms with van der Waals surface area (Å²) >= 11 is 0. The number of hydrogen-bond acceptors (Lipinski definition) is 4. The molecule has 118 valence electrons. The number of nitrogens with one attached hydrogen (secondary N) is 1. The second-order valence-electron chi connectivity index (χ2n) is 6.43. The first-order valence-corrected chi connectivity index (χ1v) is 8.16. The van der Waals surface area contributed by atoms with Gasteiger partial charge in [-0.15, -0.1) is 0 Å². The molecule has 1 aromatic rings. The maximum absolute atomic E-state index is 9.22. The molecule has 3 fully saturated rings. The number of hydrogen-bond donors (Lipinski definition) is 1. The fourth-order valence-corrected chi connectivity index (χ4v) is 3.89. The van der Waals surface area contributed by atoms with Crippen molar-refractivity contribution in [3.63, 3.8) is 0 Å². The lowest BCUT2D eigenvalue weighted by atomic mass is 9.69. The zero-order valence-corrected chi connectivity index (χ0v) is 13.3. The van der Waals surface area contributed by atoms with Crippen LogP contribution in [0.4, 0.5) is 0 Å². The Morgan fingerprint density at radius 3 is 2.55 bits per heavy atom. The SMILES string of the molecule is CNC(C#N)c1ccc(OC)c(OC2CC3CCC2CC3)c1. The van der Waals surface area contributed by atoms with Gasteiger partial charge in [0.05, 0.1) is 13.2 Å². The Hall–Kier alpha value is -1.73. The summed E-state index contributed by atoms with van der Waals surface area (Å²) in [5.74, 6) is 3.02. The van der Waals surface area contributed by atoms with Crippen molar-refractivity contribution >= 4 is 0 Å². The summed E-state index contributed by atoms with van der Waals surface area (Å²) in [6.07, 6.45) is 6.75. The van der Waals surface area contributed by atoms with Crippen molar-refractivity contribution < 1.29 is 9.47 Å². The third kappa shape index (κ3) is 2.91. The van der Waals surface area contributed by atoms with Crippen LogP contribution >= 0.6 is 0 Å². The highest BCUT2D eigenvalue weighted by molar-refractivity contribution is 5.45. The summed E-state index contributed by atoms with van der Waals surface area (Å²) in [7, 11) is 3.45. The molecule has 3 aliphatic rings. The highest BCUT2D eigenvalue weighted by Crippen LogP contribution is 2.44. The molecule has 22 heavy (non-hydrogen) atoms. The summed E-state index contributed by atoms with van der Waals surface area (Å²) in [5.41, 5.74) is 0.918. The molecule has 1 aromatic carbocycles. The van der Waals surface area contributed by atoms with Gasteiger partial charge in [-0.25, -0.2) is 0 Å². The van der Waals surface area contributed by atoms with Crippen molar-refractivity contribution in [2.24, 2.45) is 11.8 Å². The summed E-state index contributed by atoms with van der Waals surface area (Å²) in [5, 5.41) is 12.2. The average molecular weight is 300 g/mol. The van der Waals surface area contributed by atoms with E-state index < -0.39 is 0 Å². The number of methoxy groups -OCH3 is 1. The van der Waals surface area contributed by atoms with Crippen LogP contribution in [0.3, 0.4) is 0 Å². The molecule has 3 saturated carbocycles. The van der Waals surface area contributed by atoms with Crippen LogP contribution in [-0.4, -0.2) is 20.3 Å². The molecule has 3 aliphatic carbocycles. The predicted molar refractivity (Wildman–Crippen MR) is 84.9 cm³/mol. The quantitative estimate of drug-likeness (QED) is 0.905. The lowest BCUT2D eigenvalue weighted by molar-refractivity contribution is 0.0185. The van der Waals surface area contributed by atoms with Gasteiger partial charge in [0, 0.05) is 0 Å². The van der Waals surface area contributed by atoms with Gasteiger partial charge in [0.2, 0.25) is 0 Å². The van der Waals surface area contributed by atoms with E-state index in [1.54, 1.807) is 14.2 Å². The van der Waals surface area contributed by atoms with Crippen LogP contribution in [0.15, 0.2) is 18.2 Å². The van der Waals surface area contributed by atoms with E-state index in [4.69, 9.17) is 9.47 Å². The molecular weight excluding hydrogens is 276 g/mol. The molecule has 0 heterocycles. The summed E-state index contributed by atoms with van der Waals surface area (Å²) in [6, 6.07) is 7.70. The molecule has 2 bridgehead atoms. The highest BCUT2D eigenvalue weighted by Gasteiger charge is 2.37. The minimum Gasteiger partial charge on any atom is -0.493 e. The Balaban J connectivity index is 1.82. The van der Waals surface area contributed by atoms with Crippen LogP contribution in [0.5, 0.6) is 11.5 Å². The maximum Gasteiger partial charge on any atom is 0.161 e. The molecule has 0 aromatic heterocycles. The lowest BCUT2D eigenvalue weighted by Crippen LogP contribution is -2.39. The van der Waals surface area contributed by atoms with Gasteiger partial charge >= 0.3 is 0 Å². The van der Waals surface area contributed by atoms with E-state index in [1.807, 2.05) is 18.2 Å². The number of ether oxygens (including phenoxy) is 2. The fraction of sp³-hybridized carbons (Fsp3) is 0.611. The van der Waals surface area contributed by atoms with Crippen LogP contribution in [0, 0.1) is 23.2 Å². The zero-order chi connectivity index (χ0) is 15.5. The van der Waals surface area contributed by atoms with Gasteiger partial charge in [0.15, 0.2) is 11.5 Å². The third-order valence-electron chi connectivity index (χ3n) is 5.20. The molecular formula is C18H24N2O2. The second kappa shape index (κ2) is 6.58. The molecule has 2 unspecified atom stereocenters. The smallest absolute Gasteiger partial charge is 0.161 e. The van der Waals surface area contributed by atoms with Gasteiger partial charge in [0.1, 0.15) is 12.1 Å². The van der Waals surface area contributed by atoms with Crippen LogP contribution in [0.2, 0.25) is 0 Å². The Kier molecular flexibility index (Phi) is 4.54. The Morgan fingerprint density at radius 1 is 1.23 bits per heavy atom. The molecule has 1 N–H and O–H groups in total. The van der Waals surface area contributed by atoms with E-state index in [-0.39, 0.29) is 6.04 Å². The predicted octanol–water partition coefficient (Wildman–Crippen LogP) is 3.44. The average Bonchev–Trinajstić information content (AvgIpc) is 2.57. The van der Waals surface area contributed by atoms with E-state index >= 15 is 0 Å². The summed E-state index contributed by atoms with van der Waals surface area (Å²) in [6.45, 7) is 0. The number of nitriles is 1. The van der Waals surface area contributed by atoms with Gasteiger partial charge in [0.25, 0.3) is 0 Å². The molecule has 4 rings (SSSR count). The van der Waals surface area contributed by atoms with Gasteiger partial charge in [-0.05, 0) is 68.7 Å². The molecule has 4 heteroatoms. The molecule has 4 nitrogen and oxygen atoms in total. The molecule has 0 spiro atoms. The van der Waals surface area contributed by atoms with Crippen molar-refractivity contribution in [2.45, 2.75) is 44.2 Å². The van der Waals surface area contributed by atoms with Crippen molar-refractivity contribution in [1.82, 2.24) is 5.32 Å². The van der Waals surface area contributed by atoms with Gasteiger partial charge in [-0.2, -0.15) is 5.26 Å². The summed E-state index contributed by atoms with van der Waals surface area (Å²) in [4.78, 5) is 0. The Labute approximate surface area is 132 Å². The van der Waals surface area contributed by atoms with Crippen LogP contribution in [0.25, 0.3) is 0 Å².